The molecule has 86 heavy (non-hydrogen) atoms. The van der Waals surface area contributed by atoms with Gasteiger partial charge < -0.3 is 33.8 Å². The topological polar surface area (TPSA) is 237 Å². The highest BCUT2D eigenvalue weighted by Gasteiger charge is 2.30. The molecule has 0 saturated heterocycles. The Labute approximate surface area is 524 Å². The molecule has 0 bridgehead atoms. The van der Waals surface area contributed by atoms with E-state index in [1.54, 1.807) is 0 Å². The molecule has 0 radical (unpaired) electrons. The molecule has 0 heterocycles. The minimum atomic E-state index is -4.95. The quantitative estimate of drug-likeness (QED) is 0.0222. The van der Waals surface area contributed by atoms with E-state index in [2.05, 4.69) is 55.4 Å². The first kappa shape index (κ1) is 84.1. The van der Waals surface area contributed by atoms with Crippen molar-refractivity contribution in [2.75, 3.05) is 39.6 Å². The van der Waals surface area contributed by atoms with Crippen LogP contribution in [0.25, 0.3) is 0 Å². The Bertz CT molecular complexity index is 1720. The number of phosphoric ester groups is 2. The maximum Gasteiger partial charge on any atom is 0.472 e. The van der Waals surface area contributed by atoms with Gasteiger partial charge in [0.15, 0.2) is 12.2 Å². The highest BCUT2D eigenvalue weighted by molar-refractivity contribution is 7.47. The van der Waals surface area contributed by atoms with E-state index in [-0.39, 0.29) is 25.7 Å². The van der Waals surface area contributed by atoms with Crippen LogP contribution in [0, 0.1) is 23.7 Å². The van der Waals surface area contributed by atoms with E-state index >= 15 is 0 Å². The zero-order valence-electron chi connectivity index (χ0n) is 55.9. The van der Waals surface area contributed by atoms with Gasteiger partial charge in [-0.05, 0) is 49.4 Å². The molecule has 0 rings (SSSR count). The lowest BCUT2D eigenvalue weighted by atomic mass is 10.00. The average Bonchev–Trinajstić information content (AvgIpc) is 3.67. The van der Waals surface area contributed by atoms with Gasteiger partial charge in [0.2, 0.25) is 0 Å². The van der Waals surface area contributed by atoms with Crippen LogP contribution in [0.2, 0.25) is 0 Å². The average molecular weight is 1270 g/mol. The van der Waals surface area contributed by atoms with E-state index in [0.717, 1.165) is 114 Å². The number of hydrogen-bond acceptors (Lipinski definition) is 15. The third-order valence-corrected chi connectivity index (χ3v) is 17.6. The summed E-state index contributed by atoms with van der Waals surface area (Å²) < 4.78 is 68.1. The molecule has 0 spiro atoms. The van der Waals surface area contributed by atoms with Crippen LogP contribution in [-0.4, -0.2) is 96.7 Å². The van der Waals surface area contributed by atoms with Crippen LogP contribution < -0.4 is 0 Å². The van der Waals surface area contributed by atoms with Gasteiger partial charge in [0.1, 0.15) is 19.3 Å². The van der Waals surface area contributed by atoms with Crippen LogP contribution in [0.3, 0.4) is 0 Å². The zero-order chi connectivity index (χ0) is 63.9. The van der Waals surface area contributed by atoms with E-state index in [1.807, 2.05) is 0 Å². The number of esters is 4. The highest BCUT2D eigenvalue weighted by atomic mass is 31.2. The molecular formula is C67H130O17P2. The predicted molar refractivity (Wildman–Crippen MR) is 344 cm³/mol. The van der Waals surface area contributed by atoms with E-state index in [4.69, 9.17) is 37.0 Å². The Morgan fingerprint density at radius 2 is 0.558 bits per heavy atom. The normalized spacial score (nSPS) is 14.7. The summed E-state index contributed by atoms with van der Waals surface area (Å²) in [6, 6.07) is 0. The summed E-state index contributed by atoms with van der Waals surface area (Å²) in [6.07, 6.45) is 37.7. The molecule has 3 N–H and O–H groups in total. The molecule has 0 aromatic carbocycles. The van der Waals surface area contributed by atoms with Crippen molar-refractivity contribution in [1.82, 2.24) is 0 Å². The Morgan fingerprint density at radius 1 is 0.326 bits per heavy atom. The van der Waals surface area contributed by atoms with E-state index < -0.39 is 97.5 Å². The van der Waals surface area contributed by atoms with Crippen molar-refractivity contribution in [3.8, 4) is 0 Å². The van der Waals surface area contributed by atoms with Gasteiger partial charge in [-0.15, -0.1) is 0 Å². The maximum absolute atomic E-state index is 13.0. The molecule has 0 amide bonds. The van der Waals surface area contributed by atoms with Gasteiger partial charge in [-0.2, -0.15) is 0 Å². The largest absolute Gasteiger partial charge is 0.472 e. The Balaban J connectivity index is 5.25. The van der Waals surface area contributed by atoms with Crippen LogP contribution in [-0.2, 0) is 65.4 Å². The fourth-order valence-corrected chi connectivity index (χ4v) is 11.5. The number of ether oxygens (including phenoxy) is 4. The summed E-state index contributed by atoms with van der Waals surface area (Å²) in [4.78, 5) is 72.3. The molecule has 6 atom stereocenters. The molecule has 0 fully saturated rings. The van der Waals surface area contributed by atoms with Gasteiger partial charge in [-0.25, -0.2) is 9.13 Å². The molecule has 0 saturated carbocycles. The van der Waals surface area contributed by atoms with Crippen LogP contribution in [0.15, 0.2) is 0 Å². The first-order valence-corrected chi connectivity index (χ1v) is 37.7. The monoisotopic (exact) mass is 1270 g/mol. The summed E-state index contributed by atoms with van der Waals surface area (Å²) >= 11 is 0. The first-order chi connectivity index (χ1) is 41.1. The molecule has 0 aliphatic heterocycles. The third kappa shape index (κ3) is 59.7. The summed E-state index contributed by atoms with van der Waals surface area (Å²) in [5.41, 5.74) is 0. The number of aliphatic hydroxyl groups excluding tert-OH is 1. The lowest BCUT2D eigenvalue weighted by molar-refractivity contribution is -0.161. The van der Waals surface area contributed by atoms with Crippen LogP contribution in [0.4, 0.5) is 0 Å². The first-order valence-electron chi connectivity index (χ1n) is 34.7. The number of unbranched alkanes of at least 4 members (excludes halogenated alkanes) is 29. The molecule has 19 heteroatoms. The number of aliphatic hydroxyl groups is 1. The second-order valence-electron chi connectivity index (χ2n) is 25.9. The third-order valence-electron chi connectivity index (χ3n) is 15.7. The molecule has 0 aliphatic carbocycles. The van der Waals surface area contributed by atoms with Gasteiger partial charge >= 0.3 is 39.5 Å². The van der Waals surface area contributed by atoms with Crippen LogP contribution in [0.5, 0.6) is 0 Å². The maximum atomic E-state index is 13.0. The fourth-order valence-electron chi connectivity index (χ4n) is 9.93. The van der Waals surface area contributed by atoms with Crippen molar-refractivity contribution in [2.24, 2.45) is 23.7 Å². The Morgan fingerprint density at radius 3 is 0.826 bits per heavy atom. The number of rotatable bonds is 64. The van der Waals surface area contributed by atoms with Crippen molar-refractivity contribution in [1.29, 1.82) is 0 Å². The van der Waals surface area contributed by atoms with Crippen LogP contribution in [0.1, 0.15) is 325 Å². The van der Waals surface area contributed by atoms with Gasteiger partial charge in [-0.3, -0.25) is 37.3 Å². The molecule has 510 valence electrons. The van der Waals surface area contributed by atoms with Crippen molar-refractivity contribution < 1.29 is 80.2 Å². The summed E-state index contributed by atoms with van der Waals surface area (Å²) in [5.74, 6) is 0.785. The van der Waals surface area contributed by atoms with Crippen LogP contribution >= 0.6 is 15.6 Å². The second kappa shape index (κ2) is 57.0. The molecule has 0 aromatic heterocycles. The number of carbonyl (C=O) groups is 4. The number of hydrogen-bond donors (Lipinski definition) is 3. The lowest BCUT2D eigenvalue weighted by Gasteiger charge is -2.21. The van der Waals surface area contributed by atoms with E-state index in [0.29, 0.717) is 31.6 Å². The molecule has 17 nitrogen and oxygen atoms in total. The molecule has 0 aromatic rings. The minimum absolute atomic E-state index is 0.101. The summed E-state index contributed by atoms with van der Waals surface area (Å²) in [6.45, 7) is 14.0. The van der Waals surface area contributed by atoms with Gasteiger partial charge in [-0.1, -0.05) is 274 Å². The molecule has 0 aliphatic rings. The smallest absolute Gasteiger partial charge is 0.462 e. The van der Waals surface area contributed by atoms with Crippen molar-refractivity contribution >= 4 is 39.5 Å². The summed E-state index contributed by atoms with van der Waals surface area (Å²) in [7, 11) is -9.90. The highest BCUT2D eigenvalue weighted by Crippen LogP contribution is 2.45. The van der Waals surface area contributed by atoms with Crippen molar-refractivity contribution in [3.63, 3.8) is 0 Å². The Hall–Kier alpha value is -1.94. The fraction of sp³-hybridized carbons (Fsp3) is 0.940. The van der Waals surface area contributed by atoms with Gasteiger partial charge in [0.05, 0.1) is 26.4 Å². The van der Waals surface area contributed by atoms with Gasteiger partial charge in [0, 0.05) is 25.7 Å². The molecule has 3 unspecified atom stereocenters. The van der Waals surface area contributed by atoms with Crippen molar-refractivity contribution in [3.05, 3.63) is 0 Å². The van der Waals surface area contributed by atoms with Crippen molar-refractivity contribution in [2.45, 2.75) is 343 Å². The minimum Gasteiger partial charge on any atom is -0.462 e. The number of phosphoric acid groups is 2. The zero-order valence-corrected chi connectivity index (χ0v) is 57.7. The van der Waals surface area contributed by atoms with E-state index in [1.165, 1.54) is 122 Å². The van der Waals surface area contributed by atoms with Gasteiger partial charge in [0.25, 0.3) is 0 Å². The standard InChI is InChI=1S/C67H130O17P2/c1-9-60(8)46-38-30-24-26-32-40-48-65(70)78-54-63(84-67(72)50-42-34-25-23-29-37-45-59(6)7)56-82-86(75,76)80-52-61(68)51-79-85(73,74)81-55-62(83-66(71)49-41-33-22-18-14-13-16-20-28-36-44-58(4)5)53-77-64(69)47-39-31-21-17-12-10-11-15-19-27-35-43-57(2)3/h57-63,68H,9-56H2,1-8H3,(H,73,74)(H,75,76)/t60?,61-,62-,63-/m1/s1. The lowest BCUT2D eigenvalue weighted by Crippen LogP contribution is -2.30. The Kier molecular flexibility index (Phi) is 55.7. The summed E-state index contributed by atoms with van der Waals surface area (Å²) in [5, 5.41) is 10.6. The van der Waals surface area contributed by atoms with E-state index in [9.17, 15) is 43.2 Å². The predicted octanol–water partition coefficient (Wildman–Crippen LogP) is 18.5. The second-order valence-corrected chi connectivity index (χ2v) is 28.8. The molecular weight excluding hydrogens is 1140 g/mol. The SMILES string of the molecule is CCC(C)CCCCCCCCC(=O)OC[C@H](COP(=O)(O)OC[C@H](O)COP(=O)(O)OC[C@@H](COC(=O)CCCCCCCCCCCCCC(C)C)OC(=O)CCCCCCCCCCCCC(C)C)OC(=O)CCCCCCCCC(C)C. The number of carbonyl (C=O) groups excluding carboxylic acids is 4.